The molecule has 3 aromatic rings. The van der Waals surface area contributed by atoms with E-state index in [4.69, 9.17) is 16.3 Å². The van der Waals surface area contributed by atoms with Crippen molar-refractivity contribution in [2.45, 2.75) is 37.4 Å². The van der Waals surface area contributed by atoms with Crippen molar-refractivity contribution in [2.75, 3.05) is 26.0 Å². The van der Waals surface area contributed by atoms with Gasteiger partial charge in [0.15, 0.2) is 16.8 Å². The number of nitrogens with zero attached hydrogens (tertiary/aromatic N) is 4. The lowest BCUT2D eigenvalue weighted by Gasteiger charge is -2.31. The lowest BCUT2D eigenvalue weighted by Crippen LogP contribution is -2.33. The second-order valence-corrected chi connectivity index (χ2v) is 9.34. The summed E-state index contributed by atoms with van der Waals surface area (Å²) in [4.78, 5) is 15.2. The first kappa shape index (κ1) is 23.7. The highest BCUT2D eigenvalue weighted by Gasteiger charge is 2.26. The lowest BCUT2D eigenvalue weighted by atomic mass is 10.1. The summed E-state index contributed by atoms with van der Waals surface area (Å²) in [6, 6.07) is 11.3. The summed E-state index contributed by atoms with van der Waals surface area (Å²) >= 11 is 7.48. The van der Waals surface area contributed by atoms with Crippen LogP contribution in [-0.2, 0) is 0 Å². The van der Waals surface area contributed by atoms with Crippen LogP contribution in [-0.4, -0.2) is 51.4 Å². The van der Waals surface area contributed by atoms with Crippen LogP contribution in [0.3, 0.4) is 0 Å². The first-order valence-electron chi connectivity index (χ1n) is 10.9. The van der Waals surface area contributed by atoms with Gasteiger partial charge in [-0.25, -0.2) is 4.39 Å². The molecule has 0 spiro atoms. The van der Waals surface area contributed by atoms with E-state index in [-0.39, 0.29) is 23.4 Å². The third-order valence-corrected chi connectivity index (χ3v) is 7.09. The Morgan fingerprint density at radius 2 is 1.88 bits per heavy atom. The molecule has 0 bridgehead atoms. The lowest BCUT2D eigenvalue weighted by molar-refractivity contribution is 0.102. The predicted octanol–water partition coefficient (Wildman–Crippen LogP) is 5.59. The average Bonchev–Trinajstić information content (AvgIpc) is 3.27. The number of ether oxygens (including phenoxy) is 1. The highest BCUT2D eigenvalue weighted by atomic mass is 35.5. The molecule has 1 aliphatic rings. The zero-order valence-electron chi connectivity index (χ0n) is 18.6. The molecule has 1 aliphatic heterocycles. The number of hydrogen-bond acceptors (Lipinski definition) is 6. The number of Topliss-reactive ketones (excluding diaryl/α,β-unsaturated/α-hetero) is 1. The van der Waals surface area contributed by atoms with Crippen LogP contribution in [0.5, 0.6) is 5.75 Å². The van der Waals surface area contributed by atoms with Gasteiger partial charge >= 0.3 is 0 Å². The second-order valence-electron chi connectivity index (χ2n) is 7.99. The van der Waals surface area contributed by atoms with Gasteiger partial charge in [0.2, 0.25) is 0 Å². The maximum absolute atomic E-state index is 13.6. The van der Waals surface area contributed by atoms with Crippen LogP contribution in [0.1, 0.15) is 48.4 Å². The fraction of sp³-hybridized carbons (Fsp3) is 0.375. The van der Waals surface area contributed by atoms with E-state index >= 15 is 0 Å². The van der Waals surface area contributed by atoms with E-state index in [0.29, 0.717) is 21.5 Å². The number of thioether (sulfide) groups is 1. The summed E-state index contributed by atoms with van der Waals surface area (Å²) in [7, 11) is 1.53. The molecule has 1 atom stereocenters. The summed E-state index contributed by atoms with van der Waals surface area (Å²) in [6.45, 7) is 4.14. The highest BCUT2D eigenvalue weighted by Crippen LogP contribution is 2.30. The zero-order valence-corrected chi connectivity index (χ0v) is 20.2. The summed E-state index contributed by atoms with van der Waals surface area (Å²) in [5, 5.41) is 9.86. The Bertz CT molecular complexity index is 1120. The van der Waals surface area contributed by atoms with E-state index in [1.54, 1.807) is 30.3 Å². The number of carbonyl (C=O) groups is 1. The van der Waals surface area contributed by atoms with Crippen LogP contribution in [0, 0.1) is 5.82 Å². The minimum Gasteiger partial charge on any atom is -0.495 e. The second kappa shape index (κ2) is 10.7. The molecule has 9 heteroatoms. The van der Waals surface area contributed by atoms with Gasteiger partial charge < -0.3 is 4.74 Å². The van der Waals surface area contributed by atoms with Crippen molar-refractivity contribution >= 4 is 29.1 Å². The number of benzene rings is 2. The SMILES string of the molecule is COc1ccc(C(=O)CSc2nnc(C(C)N3CCCCC3)n2-c2ccc(F)cc2)cc1Cl. The first-order chi connectivity index (χ1) is 16.0. The quantitative estimate of drug-likeness (QED) is 0.304. The molecule has 0 N–H and O–H groups in total. The smallest absolute Gasteiger partial charge is 0.196 e. The Labute approximate surface area is 202 Å². The molecule has 0 amide bonds. The maximum Gasteiger partial charge on any atom is 0.196 e. The molecule has 0 aliphatic carbocycles. The predicted molar refractivity (Wildman–Crippen MR) is 128 cm³/mol. The molecular formula is C24H26ClFN4O2S. The van der Waals surface area contributed by atoms with Gasteiger partial charge in [0, 0.05) is 11.3 Å². The molecule has 4 rings (SSSR count). The van der Waals surface area contributed by atoms with E-state index in [0.717, 1.165) is 37.4 Å². The van der Waals surface area contributed by atoms with E-state index < -0.39 is 0 Å². The van der Waals surface area contributed by atoms with Crippen molar-refractivity contribution in [1.82, 2.24) is 19.7 Å². The van der Waals surface area contributed by atoms with Crippen LogP contribution in [0.2, 0.25) is 5.02 Å². The molecule has 1 fully saturated rings. The summed E-state index contributed by atoms with van der Waals surface area (Å²) in [6.07, 6.45) is 3.57. The van der Waals surface area contributed by atoms with Crippen LogP contribution >= 0.6 is 23.4 Å². The number of piperidine rings is 1. The topological polar surface area (TPSA) is 60.2 Å². The van der Waals surface area contributed by atoms with Crippen molar-refractivity contribution < 1.29 is 13.9 Å². The van der Waals surface area contributed by atoms with Gasteiger partial charge in [0.25, 0.3) is 0 Å². The Balaban J connectivity index is 1.59. The number of methoxy groups -OCH3 is 1. The number of carbonyl (C=O) groups excluding carboxylic acids is 1. The molecule has 2 aromatic carbocycles. The van der Waals surface area contributed by atoms with Crippen LogP contribution in [0.15, 0.2) is 47.6 Å². The van der Waals surface area contributed by atoms with Gasteiger partial charge in [-0.1, -0.05) is 29.8 Å². The molecule has 174 valence electrons. The largest absolute Gasteiger partial charge is 0.495 e. The third kappa shape index (κ3) is 5.39. The highest BCUT2D eigenvalue weighted by molar-refractivity contribution is 7.99. The van der Waals surface area contributed by atoms with E-state index in [1.165, 1.54) is 37.4 Å². The maximum atomic E-state index is 13.6. The molecule has 0 saturated carbocycles. The molecule has 2 heterocycles. The van der Waals surface area contributed by atoms with E-state index in [2.05, 4.69) is 22.0 Å². The molecule has 1 aromatic heterocycles. The number of aromatic nitrogens is 3. The van der Waals surface area contributed by atoms with E-state index in [9.17, 15) is 9.18 Å². The summed E-state index contributed by atoms with van der Waals surface area (Å²) in [5.74, 6) is 1.08. The Hall–Kier alpha value is -2.42. The van der Waals surface area contributed by atoms with Crippen molar-refractivity contribution in [1.29, 1.82) is 0 Å². The van der Waals surface area contributed by atoms with Gasteiger partial charge in [-0.05, 0) is 75.3 Å². The molecule has 6 nitrogen and oxygen atoms in total. The van der Waals surface area contributed by atoms with Gasteiger partial charge in [-0.15, -0.1) is 10.2 Å². The molecular weight excluding hydrogens is 463 g/mol. The van der Waals surface area contributed by atoms with Crippen molar-refractivity contribution in [3.8, 4) is 11.4 Å². The Kier molecular flexibility index (Phi) is 7.67. The van der Waals surface area contributed by atoms with Gasteiger partial charge in [-0.3, -0.25) is 14.3 Å². The van der Waals surface area contributed by atoms with Gasteiger partial charge in [0.05, 0.1) is 23.9 Å². The summed E-state index contributed by atoms with van der Waals surface area (Å²) in [5.41, 5.74) is 1.27. The number of likely N-dealkylation sites (tertiary alicyclic amines) is 1. The number of rotatable bonds is 8. The number of ketones is 1. The monoisotopic (exact) mass is 488 g/mol. The molecule has 1 unspecified atom stereocenters. The minimum atomic E-state index is -0.307. The van der Waals surface area contributed by atoms with Crippen molar-refractivity contribution in [2.24, 2.45) is 0 Å². The normalized spacial score (nSPS) is 15.4. The Morgan fingerprint density at radius 1 is 1.15 bits per heavy atom. The van der Waals surface area contributed by atoms with Crippen LogP contribution in [0.4, 0.5) is 4.39 Å². The first-order valence-corrected chi connectivity index (χ1v) is 12.3. The number of hydrogen-bond donors (Lipinski definition) is 0. The van der Waals surface area contributed by atoms with Crippen LogP contribution in [0.25, 0.3) is 5.69 Å². The van der Waals surface area contributed by atoms with Gasteiger partial charge in [-0.2, -0.15) is 0 Å². The fourth-order valence-corrected chi connectivity index (χ4v) is 5.11. The Morgan fingerprint density at radius 3 is 2.55 bits per heavy atom. The molecule has 1 saturated heterocycles. The molecule has 33 heavy (non-hydrogen) atoms. The van der Waals surface area contributed by atoms with Gasteiger partial charge in [0.1, 0.15) is 11.6 Å². The zero-order chi connectivity index (χ0) is 23.4. The van der Waals surface area contributed by atoms with E-state index in [1.807, 2.05) is 4.57 Å². The number of halogens is 2. The van der Waals surface area contributed by atoms with Crippen molar-refractivity contribution in [3.05, 3.63) is 64.7 Å². The summed E-state index contributed by atoms with van der Waals surface area (Å²) < 4.78 is 20.7. The average molecular weight is 489 g/mol. The molecule has 0 radical (unpaired) electrons. The standard InChI is InChI=1S/C24H26ClFN4O2S/c1-16(29-12-4-3-5-13-29)23-27-28-24(30(23)19-9-7-18(26)8-10-19)33-15-21(31)17-6-11-22(32-2)20(25)14-17/h6-11,14,16H,3-5,12-13,15H2,1-2H3. The van der Waals surface area contributed by atoms with Crippen molar-refractivity contribution in [3.63, 3.8) is 0 Å². The minimum absolute atomic E-state index is 0.0494. The third-order valence-electron chi connectivity index (χ3n) is 5.86. The fourth-order valence-electron chi connectivity index (χ4n) is 4.00. The van der Waals surface area contributed by atoms with Crippen LogP contribution < -0.4 is 4.74 Å².